The van der Waals surface area contributed by atoms with Crippen molar-refractivity contribution >= 4 is 55.6 Å². The Labute approximate surface area is 216 Å². The lowest BCUT2D eigenvalue weighted by Crippen LogP contribution is -2.14. The third-order valence-electron chi connectivity index (χ3n) is 6.42. The van der Waals surface area contributed by atoms with Crippen molar-refractivity contribution in [3.05, 3.63) is 87.9 Å². The highest BCUT2D eigenvalue weighted by Gasteiger charge is 2.24. The Balaban J connectivity index is 1.74. The first kappa shape index (κ1) is 18.9. The van der Waals surface area contributed by atoms with Crippen LogP contribution in [-0.2, 0) is 10.8 Å². The number of nitrogens with zero attached hydrogens (tertiary/aromatic N) is 1. The van der Waals surface area contributed by atoms with Gasteiger partial charge in [-0.05, 0) is 79.0 Å². The van der Waals surface area contributed by atoms with E-state index in [1.807, 2.05) is 0 Å². The van der Waals surface area contributed by atoms with Crippen LogP contribution in [0.2, 0.25) is 0 Å². The highest BCUT2D eigenvalue weighted by Crippen LogP contribution is 2.45. The average Bonchev–Trinajstić information content (AvgIpc) is 2.84. The zero-order valence-electron chi connectivity index (χ0n) is 24.7. The molecule has 0 saturated heterocycles. The van der Waals surface area contributed by atoms with E-state index in [1.54, 1.807) is 0 Å². The standard InChI is InChI=1S/C30H30N2O2S/c1-29(2,3)21-15-18-7-8-20-17-25(30(4,5)6)28(24-14-9-19(16-21)26(18)27(20)24)31-35-23-12-10-22(11-13-23)32(33)34/h7-17,31H,1-6H3/i10D,11D,12D,13D. The lowest BCUT2D eigenvalue weighted by molar-refractivity contribution is -0.384. The smallest absolute Gasteiger partial charge is 0.269 e. The van der Waals surface area contributed by atoms with Crippen molar-refractivity contribution in [2.45, 2.75) is 57.3 Å². The molecule has 0 aliphatic heterocycles. The highest BCUT2D eigenvalue weighted by molar-refractivity contribution is 8.00. The van der Waals surface area contributed by atoms with Crippen molar-refractivity contribution in [1.82, 2.24) is 0 Å². The molecule has 5 aromatic rings. The molecule has 0 atom stereocenters. The molecule has 0 aliphatic rings. The predicted octanol–water partition coefficient (Wildman–Crippen LogP) is 9.21. The van der Waals surface area contributed by atoms with Crippen LogP contribution in [0, 0.1) is 10.1 Å². The fraction of sp³-hybridized carbons (Fsp3) is 0.267. The summed E-state index contributed by atoms with van der Waals surface area (Å²) in [5, 5.41) is 18.1. The molecule has 0 amide bonds. The zero-order valence-corrected chi connectivity index (χ0v) is 21.5. The molecule has 5 heteroatoms. The summed E-state index contributed by atoms with van der Waals surface area (Å²) in [5.41, 5.74) is 2.06. The number of nitro groups is 1. The fourth-order valence-electron chi connectivity index (χ4n) is 4.57. The van der Waals surface area contributed by atoms with Gasteiger partial charge in [0.1, 0.15) is 0 Å². The highest BCUT2D eigenvalue weighted by atomic mass is 32.2. The normalized spacial score (nSPS) is 14.2. The molecule has 4 nitrogen and oxygen atoms in total. The van der Waals surface area contributed by atoms with E-state index in [4.69, 9.17) is 5.48 Å². The second-order valence-electron chi connectivity index (χ2n) is 11.0. The van der Waals surface area contributed by atoms with Gasteiger partial charge in [0.2, 0.25) is 0 Å². The lowest BCUT2D eigenvalue weighted by Gasteiger charge is -2.27. The Morgan fingerprint density at radius 3 is 1.94 bits per heavy atom. The number of hydrogen-bond acceptors (Lipinski definition) is 4. The second-order valence-corrected chi connectivity index (χ2v) is 11.8. The molecular weight excluding hydrogens is 452 g/mol. The van der Waals surface area contributed by atoms with E-state index in [1.165, 1.54) is 10.9 Å². The van der Waals surface area contributed by atoms with Crippen LogP contribution >= 0.6 is 11.9 Å². The molecule has 1 N–H and O–H groups in total. The van der Waals surface area contributed by atoms with E-state index in [-0.39, 0.29) is 15.7 Å². The van der Waals surface area contributed by atoms with Gasteiger partial charge >= 0.3 is 0 Å². The Morgan fingerprint density at radius 2 is 1.40 bits per heavy atom. The first-order valence-electron chi connectivity index (χ1n) is 13.6. The number of nitrogens with one attached hydrogen (secondary N) is 1. The molecule has 0 fully saturated rings. The Morgan fingerprint density at radius 1 is 0.829 bits per heavy atom. The van der Waals surface area contributed by atoms with Gasteiger partial charge in [-0.25, -0.2) is 0 Å². The fourth-order valence-corrected chi connectivity index (χ4v) is 5.20. The molecule has 0 aliphatic carbocycles. The van der Waals surface area contributed by atoms with Crippen molar-refractivity contribution < 1.29 is 10.4 Å². The van der Waals surface area contributed by atoms with E-state index in [2.05, 4.69) is 88.7 Å². The van der Waals surface area contributed by atoms with Crippen LogP contribution in [0.3, 0.4) is 0 Å². The van der Waals surface area contributed by atoms with Crippen molar-refractivity contribution in [1.29, 1.82) is 0 Å². The third kappa shape index (κ3) is 4.19. The van der Waals surface area contributed by atoms with Gasteiger partial charge in [-0.1, -0.05) is 77.9 Å². The molecule has 0 unspecified atom stereocenters. The SMILES string of the molecule is [2H]c1c([2H])c([N+](=O)[O-])c([2H])c([2H])c1SNc1c(C(C)(C)C)cc2ccc3cc(C(C)(C)C)cc4ccc1c2c34. The molecule has 0 saturated carbocycles. The Hall–Kier alpha value is -3.31. The first-order valence-corrected chi connectivity index (χ1v) is 12.4. The summed E-state index contributed by atoms with van der Waals surface area (Å²) in [6.45, 7) is 13.0. The summed E-state index contributed by atoms with van der Waals surface area (Å²) in [6, 6.07) is 13.0. The molecule has 35 heavy (non-hydrogen) atoms. The van der Waals surface area contributed by atoms with Crippen molar-refractivity contribution in [3.8, 4) is 0 Å². The largest absolute Gasteiger partial charge is 0.325 e. The molecule has 5 rings (SSSR count). The monoisotopic (exact) mass is 486 g/mol. The average molecular weight is 487 g/mol. The topological polar surface area (TPSA) is 55.2 Å². The molecule has 0 radical (unpaired) electrons. The minimum Gasteiger partial charge on any atom is -0.325 e. The maximum Gasteiger partial charge on any atom is 0.269 e. The van der Waals surface area contributed by atoms with Crippen LogP contribution in [0.5, 0.6) is 0 Å². The summed E-state index contributed by atoms with van der Waals surface area (Å²) in [5.74, 6) is 0. The minimum absolute atomic E-state index is 0.00725. The van der Waals surface area contributed by atoms with Crippen LogP contribution in [-0.4, -0.2) is 4.92 Å². The van der Waals surface area contributed by atoms with Crippen molar-refractivity contribution in [2.24, 2.45) is 0 Å². The number of benzene rings is 5. The van der Waals surface area contributed by atoms with Gasteiger partial charge < -0.3 is 4.72 Å². The van der Waals surface area contributed by atoms with Gasteiger partial charge in [-0.15, -0.1) is 0 Å². The Kier molecular flexibility index (Phi) is 4.40. The first-order chi connectivity index (χ1) is 18.1. The van der Waals surface area contributed by atoms with Crippen LogP contribution in [0.4, 0.5) is 11.4 Å². The van der Waals surface area contributed by atoms with Gasteiger partial charge in [-0.2, -0.15) is 0 Å². The van der Waals surface area contributed by atoms with Crippen molar-refractivity contribution in [2.75, 3.05) is 4.72 Å². The quantitative estimate of drug-likeness (QED) is 0.119. The van der Waals surface area contributed by atoms with E-state index in [9.17, 15) is 10.1 Å². The van der Waals surface area contributed by atoms with Crippen LogP contribution in [0.1, 0.15) is 58.2 Å². The van der Waals surface area contributed by atoms with E-state index in [0.29, 0.717) is 0 Å². The van der Waals surface area contributed by atoms with Gasteiger partial charge in [-0.3, -0.25) is 10.1 Å². The predicted molar refractivity (Wildman–Crippen MR) is 150 cm³/mol. The van der Waals surface area contributed by atoms with Crippen LogP contribution in [0.15, 0.2) is 71.5 Å². The van der Waals surface area contributed by atoms with Gasteiger partial charge in [0.05, 0.1) is 16.1 Å². The number of nitro benzene ring substituents is 1. The maximum absolute atomic E-state index is 11.4. The zero-order chi connectivity index (χ0) is 28.6. The number of rotatable bonds is 4. The molecule has 0 bridgehead atoms. The van der Waals surface area contributed by atoms with Gasteiger partial charge in [0.25, 0.3) is 5.69 Å². The molecule has 0 spiro atoms. The Bertz CT molecular complexity index is 1760. The second kappa shape index (κ2) is 8.13. The lowest BCUT2D eigenvalue weighted by atomic mass is 9.80. The summed E-state index contributed by atoms with van der Waals surface area (Å²) in [7, 11) is 0. The summed E-state index contributed by atoms with van der Waals surface area (Å²) in [6.07, 6.45) is 0. The summed E-state index contributed by atoms with van der Waals surface area (Å²) < 4.78 is 36.2. The van der Waals surface area contributed by atoms with E-state index >= 15 is 0 Å². The number of anilines is 1. The molecule has 0 heterocycles. The van der Waals surface area contributed by atoms with E-state index in [0.717, 1.165) is 50.1 Å². The summed E-state index contributed by atoms with van der Waals surface area (Å²) >= 11 is 0.954. The van der Waals surface area contributed by atoms with Gasteiger partial charge in [0, 0.05) is 22.4 Å². The number of hydrogen-bond donors (Lipinski definition) is 1. The molecular formula is C30H30N2O2S. The molecule has 0 aromatic heterocycles. The molecule has 5 aromatic carbocycles. The third-order valence-corrected chi connectivity index (χ3v) is 7.13. The van der Waals surface area contributed by atoms with Gasteiger partial charge in [0.15, 0.2) is 0 Å². The van der Waals surface area contributed by atoms with Crippen LogP contribution in [0.25, 0.3) is 32.3 Å². The van der Waals surface area contributed by atoms with Crippen molar-refractivity contribution in [3.63, 3.8) is 0 Å². The van der Waals surface area contributed by atoms with E-state index < -0.39 is 34.8 Å². The molecule has 178 valence electrons. The summed E-state index contributed by atoms with van der Waals surface area (Å²) in [4.78, 5) is 10.5. The minimum atomic E-state index is -0.869. The maximum atomic E-state index is 11.4. The van der Waals surface area contributed by atoms with Crippen LogP contribution < -0.4 is 4.72 Å².